The monoisotopic (exact) mass is 427 g/mol. The van der Waals surface area contributed by atoms with Crippen LogP contribution in [0.25, 0.3) is 22.3 Å². The first kappa shape index (κ1) is 20.2. The zero-order chi connectivity index (χ0) is 22.1. The van der Waals surface area contributed by atoms with Gasteiger partial charge < -0.3 is 15.3 Å². The molecule has 3 heterocycles. The number of amides is 1. The lowest BCUT2D eigenvalue weighted by molar-refractivity contribution is 0.0705. The summed E-state index contributed by atoms with van der Waals surface area (Å²) in [4.78, 5) is 20.3. The van der Waals surface area contributed by atoms with E-state index in [-0.39, 0.29) is 17.7 Å². The van der Waals surface area contributed by atoms with Crippen molar-refractivity contribution in [2.75, 3.05) is 19.6 Å². The van der Waals surface area contributed by atoms with Gasteiger partial charge in [-0.05, 0) is 49.2 Å². The first-order valence-electron chi connectivity index (χ1n) is 10.8. The van der Waals surface area contributed by atoms with Crippen LogP contribution in [0.4, 0.5) is 0 Å². The van der Waals surface area contributed by atoms with E-state index >= 15 is 0 Å². The number of benzene rings is 2. The Morgan fingerprint density at radius 2 is 1.94 bits per heavy atom. The molecular formula is C25H25N5O2. The van der Waals surface area contributed by atoms with E-state index in [0.29, 0.717) is 30.0 Å². The van der Waals surface area contributed by atoms with Crippen molar-refractivity contribution in [3.63, 3.8) is 0 Å². The Morgan fingerprint density at radius 1 is 1.16 bits per heavy atom. The Morgan fingerprint density at radius 3 is 2.72 bits per heavy atom. The lowest BCUT2D eigenvalue weighted by Crippen LogP contribution is -2.53. The second kappa shape index (κ2) is 8.43. The largest absolute Gasteiger partial charge is 0.508 e. The number of aromatic nitrogens is 3. The topological polar surface area (TPSA) is 94.1 Å². The Bertz CT molecular complexity index is 1250. The number of piperazine rings is 1. The van der Waals surface area contributed by atoms with Gasteiger partial charge in [0.05, 0.1) is 16.6 Å². The summed E-state index contributed by atoms with van der Waals surface area (Å²) in [6, 6.07) is 19.2. The normalized spacial score (nSPS) is 16.4. The summed E-state index contributed by atoms with van der Waals surface area (Å²) in [5, 5.41) is 21.2. The fourth-order valence-corrected chi connectivity index (χ4v) is 4.34. The van der Waals surface area contributed by atoms with Crippen molar-refractivity contribution in [2.24, 2.45) is 0 Å². The number of carbonyl (C=O) groups is 1. The number of hydrogen-bond acceptors (Lipinski definition) is 5. The molecule has 32 heavy (non-hydrogen) atoms. The van der Waals surface area contributed by atoms with E-state index in [4.69, 9.17) is 0 Å². The molecule has 4 aromatic rings. The summed E-state index contributed by atoms with van der Waals surface area (Å²) in [7, 11) is 0. The minimum atomic E-state index is -0.0125. The van der Waals surface area contributed by atoms with Crippen LogP contribution >= 0.6 is 0 Å². The summed E-state index contributed by atoms with van der Waals surface area (Å²) in [5.41, 5.74) is 4.68. The van der Waals surface area contributed by atoms with Crippen LogP contribution in [0.5, 0.6) is 5.75 Å². The lowest BCUT2D eigenvalue weighted by atomic mass is 10.0. The molecule has 1 fully saturated rings. The molecule has 0 saturated carbocycles. The van der Waals surface area contributed by atoms with Gasteiger partial charge in [-0.1, -0.05) is 30.3 Å². The van der Waals surface area contributed by atoms with Crippen LogP contribution in [0.2, 0.25) is 0 Å². The van der Waals surface area contributed by atoms with Crippen LogP contribution in [-0.4, -0.2) is 56.8 Å². The molecule has 1 unspecified atom stereocenters. The first-order valence-corrected chi connectivity index (χ1v) is 10.8. The van der Waals surface area contributed by atoms with Crippen molar-refractivity contribution in [3.8, 4) is 17.0 Å². The maximum atomic E-state index is 13.7. The number of carbonyl (C=O) groups excluding carboxylic acids is 1. The Balaban J connectivity index is 1.47. The summed E-state index contributed by atoms with van der Waals surface area (Å²) in [5.74, 6) is 0.175. The molecule has 1 aliphatic rings. The van der Waals surface area contributed by atoms with Gasteiger partial charge in [0.15, 0.2) is 5.65 Å². The fourth-order valence-electron chi connectivity index (χ4n) is 4.34. The standard InChI is InChI=1S/C25H25N5O2/c1-16-23-21(14-22(27-24(23)29-28-16)18-7-9-20(31)10-8-18)25(32)30-12-11-26-19(15-30)13-17-5-3-2-4-6-17/h2-10,14,19,26,31H,11-13,15H2,1H3,(H,27,28,29). The molecule has 0 spiro atoms. The molecule has 0 aliphatic carbocycles. The number of H-pyrrole nitrogens is 1. The third-order valence-electron chi connectivity index (χ3n) is 5.97. The average molecular weight is 428 g/mol. The number of nitrogens with one attached hydrogen (secondary N) is 2. The molecule has 1 saturated heterocycles. The highest BCUT2D eigenvalue weighted by Crippen LogP contribution is 2.28. The molecule has 2 aromatic carbocycles. The van der Waals surface area contributed by atoms with Crippen molar-refractivity contribution in [2.45, 2.75) is 19.4 Å². The highest BCUT2D eigenvalue weighted by molar-refractivity contribution is 6.07. The number of rotatable bonds is 4. The third kappa shape index (κ3) is 3.94. The second-order valence-electron chi connectivity index (χ2n) is 8.24. The van der Waals surface area contributed by atoms with Crippen molar-refractivity contribution in [3.05, 3.63) is 77.5 Å². The lowest BCUT2D eigenvalue weighted by Gasteiger charge is -2.34. The molecule has 7 nitrogen and oxygen atoms in total. The highest BCUT2D eigenvalue weighted by Gasteiger charge is 2.27. The summed E-state index contributed by atoms with van der Waals surface area (Å²) >= 11 is 0. The van der Waals surface area contributed by atoms with Crippen molar-refractivity contribution in [1.29, 1.82) is 0 Å². The average Bonchev–Trinajstić information content (AvgIpc) is 3.20. The molecule has 0 radical (unpaired) electrons. The number of nitrogens with zero attached hydrogens (tertiary/aromatic N) is 3. The highest BCUT2D eigenvalue weighted by atomic mass is 16.3. The van der Waals surface area contributed by atoms with E-state index in [1.54, 1.807) is 24.3 Å². The molecule has 1 atom stereocenters. The zero-order valence-electron chi connectivity index (χ0n) is 17.9. The number of pyridine rings is 1. The van der Waals surface area contributed by atoms with E-state index in [1.807, 2.05) is 36.1 Å². The predicted molar refractivity (Wildman–Crippen MR) is 124 cm³/mol. The van der Waals surface area contributed by atoms with Crippen LogP contribution in [0.3, 0.4) is 0 Å². The maximum absolute atomic E-state index is 13.7. The van der Waals surface area contributed by atoms with Gasteiger partial charge in [0.2, 0.25) is 0 Å². The van der Waals surface area contributed by atoms with Gasteiger partial charge in [-0.15, -0.1) is 0 Å². The molecule has 1 aliphatic heterocycles. The van der Waals surface area contributed by atoms with Crippen LogP contribution in [-0.2, 0) is 6.42 Å². The van der Waals surface area contributed by atoms with Gasteiger partial charge in [0.1, 0.15) is 5.75 Å². The van der Waals surface area contributed by atoms with Crippen LogP contribution in [0.1, 0.15) is 21.6 Å². The van der Waals surface area contributed by atoms with Crippen LogP contribution < -0.4 is 5.32 Å². The number of hydrogen-bond donors (Lipinski definition) is 3. The van der Waals surface area contributed by atoms with Gasteiger partial charge in [-0.3, -0.25) is 9.89 Å². The van der Waals surface area contributed by atoms with E-state index in [9.17, 15) is 9.90 Å². The van der Waals surface area contributed by atoms with Gasteiger partial charge in [-0.2, -0.15) is 5.10 Å². The second-order valence-corrected chi connectivity index (χ2v) is 8.24. The number of aromatic amines is 1. The minimum Gasteiger partial charge on any atom is -0.508 e. The van der Waals surface area contributed by atoms with Crippen LogP contribution in [0.15, 0.2) is 60.7 Å². The van der Waals surface area contributed by atoms with E-state index in [2.05, 4.69) is 32.6 Å². The fraction of sp³-hybridized carbons (Fsp3) is 0.240. The quantitative estimate of drug-likeness (QED) is 0.465. The molecule has 0 bridgehead atoms. The maximum Gasteiger partial charge on any atom is 0.254 e. The number of phenolic OH excluding ortho intramolecular Hbond substituents is 1. The van der Waals surface area contributed by atoms with Crippen molar-refractivity contribution in [1.82, 2.24) is 25.4 Å². The Labute approximate surface area is 186 Å². The minimum absolute atomic E-state index is 0.0125. The number of phenols is 1. The molecule has 1 amide bonds. The predicted octanol–water partition coefficient (Wildman–Crippen LogP) is 3.30. The number of aromatic hydroxyl groups is 1. The summed E-state index contributed by atoms with van der Waals surface area (Å²) in [6.07, 6.45) is 0.875. The van der Waals surface area contributed by atoms with Gasteiger partial charge in [-0.25, -0.2) is 4.98 Å². The van der Waals surface area contributed by atoms with E-state index in [0.717, 1.165) is 29.6 Å². The zero-order valence-corrected chi connectivity index (χ0v) is 17.9. The van der Waals surface area contributed by atoms with Gasteiger partial charge >= 0.3 is 0 Å². The molecule has 3 N–H and O–H groups in total. The molecule has 162 valence electrons. The van der Waals surface area contributed by atoms with Crippen molar-refractivity contribution >= 4 is 16.9 Å². The SMILES string of the molecule is Cc1[nH]nc2nc(-c3ccc(O)cc3)cc(C(=O)N3CCNC(Cc4ccccc4)C3)c12. The van der Waals surface area contributed by atoms with Gasteiger partial charge in [0.25, 0.3) is 5.91 Å². The smallest absolute Gasteiger partial charge is 0.254 e. The number of fused-ring (bicyclic) bond motifs is 1. The van der Waals surface area contributed by atoms with E-state index < -0.39 is 0 Å². The molecule has 7 heteroatoms. The van der Waals surface area contributed by atoms with Crippen LogP contribution in [0, 0.1) is 6.92 Å². The van der Waals surface area contributed by atoms with Crippen molar-refractivity contribution < 1.29 is 9.90 Å². The Hall–Kier alpha value is -3.71. The summed E-state index contributed by atoms with van der Waals surface area (Å²) in [6.45, 7) is 3.96. The third-order valence-corrected chi connectivity index (χ3v) is 5.97. The molecule has 5 rings (SSSR count). The molecular weight excluding hydrogens is 402 g/mol. The number of aryl methyl sites for hydroxylation is 1. The first-order chi connectivity index (χ1) is 15.6. The van der Waals surface area contributed by atoms with Gasteiger partial charge in [0, 0.05) is 36.9 Å². The summed E-state index contributed by atoms with van der Waals surface area (Å²) < 4.78 is 0. The molecule has 2 aromatic heterocycles. The Kier molecular flexibility index (Phi) is 5.33. The van der Waals surface area contributed by atoms with E-state index in [1.165, 1.54) is 5.56 Å².